The van der Waals surface area contributed by atoms with Gasteiger partial charge in [-0.2, -0.15) is 0 Å². The average Bonchev–Trinajstić information content (AvgIpc) is 2.70. The second kappa shape index (κ2) is 6.55. The Kier molecular flexibility index (Phi) is 5.02. The van der Waals surface area contributed by atoms with Crippen LogP contribution in [0.3, 0.4) is 0 Å². The van der Waals surface area contributed by atoms with E-state index in [-0.39, 0.29) is 0 Å². The summed E-state index contributed by atoms with van der Waals surface area (Å²) in [5, 5.41) is 3.45. The number of likely N-dealkylation sites (N-methyl/N-ethyl adjacent to an activating group) is 1. The number of aryl methyl sites for hydroxylation is 1. The summed E-state index contributed by atoms with van der Waals surface area (Å²) in [7, 11) is 2.18. The van der Waals surface area contributed by atoms with Crippen LogP contribution in [-0.2, 0) is 13.1 Å². The predicted octanol–water partition coefficient (Wildman–Crippen LogP) is 1.83. The Bertz CT molecular complexity index is 392. The normalized spacial score (nSPS) is 18.4. The van der Waals surface area contributed by atoms with Crippen molar-refractivity contribution in [3.05, 3.63) is 23.2 Å². The topological polar surface area (TPSA) is 31.7 Å². The van der Waals surface area contributed by atoms with Crippen LogP contribution < -0.4 is 5.32 Å². The van der Waals surface area contributed by atoms with E-state index in [0.717, 1.165) is 50.8 Å². The van der Waals surface area contributed by atoms with Gasteiger partial charge in [0.2, 0.25) is 0 Å². The molecular formula is C15H27N3O. The van der Waals surface area contributed by atoms with Crippen LogP contribution in [0, 0.1) is 6.92 Å². The molecule has 4 heteroatoms. The zero-order chi connectivity index (χ0) is 13.8. The van der Waals surface area contributed by atoms with Crippen LogP contribution in [-0.4, -0.2) is 49.1 Å². The van der Waals surface area contributed by atoms with Gasteiger partial charge in [0.05, 0.1) is 6.54 Å². The van der Waals surface area contributed by atoms with E-state index in [0.29, 0.717) is 6.04 Å². The van der Waals surface area contributed by atoms with Gasteiger partial charge < -0.3 is 14.6 Å². The summed E-state index contributed by atoms with van der Waals surface area (Å²) in [5.41, 5.74) is 1.29. The largest absolute Gasteiger partial charge is 0.465 e. The van der Waals surface area contributed by atoms with Gasteiger partial charge in [0.15, 0.2) is 0 Å². The molecule has 1 fully saturated rings. The van der Waals surface area contributed by atoms with Gasteiger partial charge in [0.1, 0.15) is 11.5 Å². The molecule has 2 heterocycles. The van der Waals surface area contributed by atoms with E-state index in [2.05, 4.69) is 49.0 Å². The minimum Gasteiger partial charge on any atom is -0.465 e. The molecule has 108 valence electrons. The summed E-state index contributed by atoms with van der Waals surface area (Å²) in [4.78, 5) is 4.85. The first-order valence-electron chi connectivity index (χ1n) is 7.27. The Morgan fingerprint density at radius 1 is 1.26 bits per heavy atom. The van der Waals surface area contributed by atoms with Crippen LogP contribution >= 0.6 is 0 Å². The minimum atomic E-state index is 0.510. The van der Waals surface area contributed by atoms with Crippen molar-refractivity contribution in [2.45, 2.75) is 39.9 Å². The molecule has 0 unspecified atom stereocenters. The molecule has 1 aromatic rings. The number of hydrogen-bond acceptors (Lipinski definition) is 4. The molecular weight excluding hydrogens is 238 g/mol. The van der Waals surface area contributed by atoms with Crippen LogP contribution in [0.2, 0.25) is 0 Å². The molecule has 1 N–H and O–H groups in total. The van der Waals surface area contributed by atoms with Gasteiger partial charge in [-0.15, -0.1) is 0 Å². The fraction of sp³-hybridized carbons (Fsp3) is 0.733. The lowest BCUT2D eigenvalue weighted by Crippen LogP contribution is -2.43. The molecule has 1 saturated heterocycles. The quantitative estimate of drug-likeness (QED) is 0.880. The van der Waals surface area contributed by atoms with Crippen molar-refractivity contribution in [3.8, 4) is 0 Å². The lowest BCUT2D eigenvalue weighted by atomic mass is 10.2. The number of nitrogens with zero attached hydrogens (tertiary/aromatic N) is 2. The minimum absolute atomic E-state index is 0.510. The Morgan fingerprint density at radius 3 is 2.58 bits per heavy atom. The molecule has 0 aromatic carbocycles. The van der Waals surface area contributed by atoms with Gasteiger partial charge in [-0.05, 0) is 20.0 Å². The summed E-state index contributed by atoms with van der Waals surface area (Å²) >= 11 is 0. The van der Waals surface area contributed by atoms with E-state index in [9.17, 15) is 0 Å². The zero-order valence-corrected chi connectivity index (χ0v) is 12.7. The van der Waals surface area contributed by atoms with Crippen molar-refractivity contribution in [3.63, 3.8) is 0 Å². The van der Waals surface area contributed by atoms with Crippen molar-refractivity contribution >= 4 is 0 Å². The van der Waals surface area contributed by atoms with Gasteiger partial charge in [-0.3, -0.25) is 4.90 Å². The number of nitrogens with one attached hydrogen (secondary N) is 1. The van der Waals surface area contributed by atoms with E-state index in [1.54, 1.807) is 0 Å². The Morgan fingerprint density at radius 2 is 1.95 bits per heavy atom. The van der Waals surface area contributed by atoms with Gasteiger partial charge >= 0.3 is 0 Å². The summed E-state index contributed by atoms with van der Waals surface area (Å²) < 4.78 is 5.88. The van der Waals surface area contributed by atoms with Gasteiger partial charge in [-0.1, -0.05) is 13.8 Å². The smallest absolute Gasteiger partial charge is 0.118 e. The zero-order valence-electron chi connectivity index (χ0n) is 12.7. The highest BCUT2D eigenvalue weighted by molar-refractivity contribution is 5.20. The molecule has 2 rings (SSSR count). The lowest BCUT2D eigenvalue weighted by molar-refractivity contribution is 0.140. The predicted molar refractivity (Wildman–Crippen MR) is 78.2 cm³/mol. The molecule has 0 spiro atoms. The monoisotopic (exact) mass is 265 g/mol. The first-order valence-corrected chi connectivity index (χ1v) is 7.27. The van der Waals surface area contributed by atoms with E-state index < -0.39 is 0 Å². The van der Waals surface area contributed by atoms with E-state index in [4.69, 9.17) is 4.42 Å². The Labute approximate surface area is 116 Å². The third kappa shape index (κ3) is 4.34. The second-order valence-electron chi connectivity index (χ2n) is 5.91. The standard InChI is InChI=1S/C15H27N3O/c1-12(2)16-10-14-9-15(19-13(14)3)11-18-7-5-17(4)6-8-18/h9,12,16H,5-8,10-11H2,1-4H3. The second-order valence-corrected chi connectivity index (χ2v) is 5.91. The molecule has 1 aliphatic rings. The highest BCUT2D eigenvalue weighted by atomic mass is 16.3. The maximum absolute atomic E-state index is 5.88. The van der Waals surface area contributed by atoms with Gasteiger partial charge in [0, 0.05) is 44.3 Å². The van der Waals surface area contributed by atoms with Gasteiger partial charge in [0.25, 0.3) is 0 Å². The molecule has 0 saturated carbocycles. The van der Waals surface area contributed by atoms with Crippen molar-refractivity contribution in [1.82, 2.24) is 15.1 Å². The molecule has 0 aliphatic carbocycles. The molecule has 1 aromatic heterocycles. The maximum atomic E-state index is 5.88. The van der Waals surface area contributed by atoms with Crippen molar-refractivity contribution in [2.75, 3.05) is 33.2 Å². The van der Waals surface area contributed by atoms with E-state index >= 15 is 0 Å². The number of hydrogen-bond donors (Lipinski definition) is 1. The molecule has 0 atom stereocenters. The SMILES string of the molecule is Cc1oc(CN2CCN(C)CC2)cc1CNC(C)C. The van der Waals surface area contributed by atoms with Crippen molar-refractivity contribution < 1.29 is 4.42 Å². The van der Waals surface area contributed by atoms with Crippen LogP contribution in [0.1, 0.15) is 30.9 Å². The maximum Gasteiger partial charge on any atom is 0.118 e. The highest BCUT2D eigenvalue weighted by Crippen LogP contribution is 2.17. The molecule has 19 heavy (non-hydrogen) atoms. The van der Waals surface area contributed by atoms with Crippen LogP contribution in [0.4, 0.5) is 0 Å². The van der Waals surface area contributed by atoms with Gasteiger partial charge in [-0.25, -0.2) is 0 Å². The fourth-order valence-electron chi connectivity index (χ4n) is 2.38. The molecule has 0 amide bonds. The summed E-state index contributed by atoms with van der Waals surface area (Å²) in [6, 6.07) is 2.72. The number of piperazine rings is 1. The third-order valence-electron chi connectivity index (χ3n) is 3.75. The first kappa shape index (κ1) is 14.6. The number of furan rings is 1. The molecule has 0 radical (unpaired) electrons. The van der Waals surface area contributed by atoms with Crippen LogP contribution in [0.25, 0.3) is 0 Å². The Hall–Kier alpha value is -0.840. The fourth-order valence-corrected chi connectivity index (χ4v) is 2.38. The van der Waals surface area contributed by atoms with Crippen molar-refractivity contribution in [1.29, 1.82) is 0 Å². The summed E-state index contributed by atoms with van der Waals surface area (Å²) in [6.45, 7) is 12.8. The lowest BCUT2D eigenvalue weighted by Gasteiger charge is -2.31. The Balaban J connectivity index is 1.88. The highest BCUT2D eigenvalue weighted by Gasteiger charge is 2.16. The van der Waals surface area contributed by atoms with Crippen LogP contribution in [0.15, 0.2) is 10.5 Å². The average molecular weight is 265 g/mol. The van der Waals surface area contributed by atoms with Crippen molar-refractivity contribution in [2.24, 2.45) is 0 Å². The third-order valence-corrected chi connectivity index (χ3v) is 3.75. The van der Waals surface area contributed by atoms with E-state index in [1.165, 1.54) is 5.56 Å². The summed E-state index contributed by atoms with van der Waals surface area (Å²) in [5.74, 6) is 2.15. The molecule has 1 aliphatic heterocycles. The summed E-state index contributed by atoms with van der Waals surface area (Å²) in [6.07, 6.45) is 0. The molecule has 4 nitrogen and oxygen atoms in total. The van der Waals surface area contributed by atoms with Crippen LogP contribution in [0.5, 0.6) is 0 Å². The molecule has 0 bridgehead atoms. The first-order chi connectivity index (χ1) is 9.04. The van der Waals surface area contributed by atoms with E-state index in [1.807, 2.05) is 0 Å². The number of rotatable bonds is 5.